The molecular weight excluding hydrogens is 400 g/mol. The second kappa shape index (κ2) is 8.67. The lowest BCUT2D eigenvalue weighted by molar-refractivity contribution is 0.0729. The molecule has 0 spiro atoms. The summed E-state index contributed by atoms with van der Waals surface area (Å²) >= 11 is 0. The Labute approximate surface area is 186 Å². The summed E-state index contributed by atoms with van der Waals surface area (Å²) in [7, 11) is 0. The van der Waals surface area contributed by atoms with Crippen molar-refractivity contribution in [2.24, 2.45) is 0 Å². The van der Waals surface area contributed by atoms with Gasteiger partial charge in [0, 0.05) is 24.8 Å². The molecule has 0 saturated carbocycles. The SMILES string of the molecule is O=C(NCc1ccccc1)c1nc([C@H]2CCCN2C(=O)c2ccccc2)n2ccccc12. The van der Waals surface area contributed by atoms with Crippen molar-refractivity contribution in [1.29, 1.82) is 0 Å². The molecule has 1 N–H and O–H groups in total. The number of hydrogen-bond donors (Lipinski definition) is 1. The Kier molecular flexibility index (Phi) is 5.42. The first-order chi connectivity index (χ1) is 15.7. The maximum absolute atomic E-state index is 13.2. The molecular formula is C26H24N4O2. The molecule has 160 valence electrons. The number of benzene rings is 2. The number of imidazole rings is 1. The highest BCUT2D eigenvalue weighted by Crippen LogP contribution is 2.33. The third-order valence-corrected chi connectivity index (χ3v) is 5.92. The predicted molar refractivity (Wildman–Crippen MR) is 122 cm³/mol. The summed E-state index contributed by atoms with van der Waals surface area (Å²) in [6.45, 7) is 1.11. The van der Waals surface area contributed by atoms with Gasteiger partial charge < -0.3 is 14.6 Å². The maximum atomic E-state index is 13.2. The van der Waals surface area contributed by atoms with E-state index in [0.717, 1.165) is 29.7 Å². The Hall–Kier alpha value is -3.93. The molecule has 2 aromatic heterocycles. The average molecular weight is 425 g/mol. The molecule has 32 heavy (non-hydrogen) atoms. The number of aromatic nitrogens is 2. The van der Waals surface area contributed by atoms with Crippen molar-refractivity contribution in [2.75, 3.05) is 6.54 Å². The highest BCUT2D eigenvalue weighted by molar-refractivity contribution is 5.99. The van der Waals surface area contributed by atoms with Crippen molar-refractivity contribution in [1.82, 2.24) is 19.6 Å². The number of carbonyl (C=O) groups is 2. The summed E-state index contributed by atoms with van der Waals surface area (Å²) in [5.74, 6) is 0.505. The largest absolute Gasteiger partial charge is 0.347 e. The molecule has 0 aliphatic carbocycles. The zero-order valence-corrected chi connectivity index (χ0v) is 17.6. The second-order valence-electron chi connectivity index (χ2n) is 7.97. The first-order valence-electron chi connectivity index (χ1n) is 10.9. The van der Waals surface area contributed by atoms with E-state index >= 15 is 0 Å². The number of rotatable bonds is 5. The van der Waals surface area contributed by atoms with Gasteiger partial charge in [0.25, 0.3) is 11.8 Å². The van der Waals surface area contributed by atoms with Crippen LogP contribution in [0, 0.1) is 0 Å². The molecule has 1 aliphatic heterocycles. The van der Waals surface area contributed by atoms with Gasteiger partial charge in [0.15, 0.2) is 5.69 Å². The van der Waals surface area contributed by atoms with E-state index in [0.29, 0.717) is 24.3 Å². The zero-order valence-electron chi connectivity index (χ0n) is 17.6. The second-order valence-corrected chi connectivity index (χ2v) is 7.97. The van der Waals surface area contributed by atoms with Crippen LogP contribution in [0.3, 0.4) is 0 Å². The number of hydrogen-bond acceptors (Lipinski definition) is 3. The molecule has 1 fully saturated rings. The Morgan fingerprint density at radius 1 is 0.938 bits per heavy atom. The van der Waals surface area contributed by atoms with Gasteiger partial charge in [-0.05, 0) is 42.7 Å². The fraction of sp³-hybridized carbons (Fsp3) is 0.192. The zero-order chi connectivity index (χ0) is 21.9. The summed E-state index contributed by atoms with van der Waals surface area (Å²) in [6, 6.07) is 24.7. The lowest BCUT2D eigenvalue weighted by Gasteiger charge is -2.24. The average Bonchev–Trinajstić information content (AvgIpc) is 3.48. The molecule has 0 unspecified atom stereocenters. The molecule has 2 amide bonds. The van der Waals surface area contributed by atoms with E-state index in [-0.39, 0.29) is 17.9 Å². The van der Waals surface area contributed by atoms with Gasteiger partial charge in [-0.15, -0.1) is 0 Å². The number of pyridine rings is 1. The molecule has 5 rings (SSSR count). The molecule has 6 heteroatoms. The molecule has 1 aliphatic rings. The molecule has 6 nitrogen and oxygen atoms in total. The quantitative estimate of drug-likeness (QED) is 0.521. The minimum absolute atomic E-state index is 0.00383. The van der Waals surface area contributed by atoms with E-state index in [4.69, 9.17) is 4.98 Å². The van der Waals surface area contributed by atoms with Crippen molar-refractivity contribution < 1.29 is 9.59 Å². The first kappa shape index (κ1) is 20.0. The highest BCUT2D eigenvalue weighted by Gasteiger charge is 2.34. The molecule has 0 radical (unpaired) electrons. The van der Waals surface area contributed by atoms with E-state index in [2.05, 4.69) is 5.32 Å². The Morgan fingerprint density at radius 2 is 1.66 bits per heavy atom. The lowest BCUT2D eigenvalue weighted by atomic mass is 10.1. The number of nitrogens with zero attached hydrogens (tertiary/aromatic N) is 3. The fourth-order valence-electron chi connectivity index (χ4n) is 4.35. The number of amides is 2. The van der Waals surface area contributed by atoms with Crippen molar-refractivity contribution in [3.8, 4) is 0 Å². The number of fused-ring (bicyclic) bond motifs is 1. The summed E-state index contributed by atoms with van der Waals surface area (Å²) in [4.78, 5) is 32.9. The van der Waals surface area contributed by atoms with E-state index in [1.54, 1.807) is 0 Å². The Morgan fingerprint density at radius 3 is 2.44 bits per heavy atom. The standard InChI is InChI=1S/C26H24N4O2/c31-25(27-18-19-10-3-1-4-11-19)23-21-14-7-8-16-29(21)24(28-23)22-15-9-17-30(22)26(32)20-12-5-2-6-13-20/h1-8,10-14,16,22H,9,15,17-18H2,(H,27,31)/t22-/m1/s1. The Balaban J connectivity index is 1.45. The summed E-state index contributed by atoms with van der Waals surface area (Å²) < 4.78 is 1.94. The number of likely N-dealkylation sites (tertiary alicyclic amines) is 1. The summed E-state index contributed by atoms with van der Waals surface area (Å²) in [6.07, 6.45) is 3.63. The van der Waals surface area contributed by atoms with Crippen LogP contribution in [0.25, 0.3) is 5.52 Å². The van der Waals surface area contributed by atoms with E-state index in [1.165, 1.54) is 0 Å². The van der Waals surface area contributed by atoms with Gasteiger partial charge in [-0.1, -0.05) is 54.6 Å². The monoisotopic (exact) mass is 424 g/mol. The normalized spacial score (nSPS) is 15.8. The molecule has 4 aromatic rings. The van der Waals surface area contributed by atoms with E-state index in [9.17, 15) is 9.59 Å². The highest BCUT2D eigenvalue weighted by atomic mass is 16.2. The van der Waals surface area contributed by atoms with Crippen molar-refractivity contribution in [2.45, 2.75) is 25.4 Å². The van der Waals surface area contributed by atoms with Gasteiger partial charge in [-0.25, -0.2) is 4.98 Å². The number of nitrogens with one attached hydrogen (secondary N) is 1. The van der Waals surface area contributed by atoms with Gasteiger partial charge in [0.1, 0.15) is 5.82 Å². The van der Waals surface area contributed by atoms with Crippen LogP contribution >= 0.6 is 0 Å². The molecule has 1 atom stereocenters. The third-order valence-electron chi connectivity index (χ3n) is 5.92. The van der Waals surface area contributed by atoms with Crippen LogP contribution in [0.4, 0.5) is 0 Å². The smallest absolute Gasteiger partial charge is 0.272 e. The topological polar surface area (TPSA) is 66.7 Å². The predicted octanol–water partition coefficient (Wildman–Crippen LogP) is 4.24. The maximum Gasteiger partial charge on any atom is 0.272 e. The fourth-order valence-corrected chi connectivity index (χ4v) is 4.35. The van der Waals surface area contributed by atoms with Crippen LogP contribution in [0.2, 0.25) is 0 Å². The number of carbonyl (C=O) groups excluding carboxylic acids is 2. The minimum atomic E-state index is -0.220. The van der Waals surface area contributed by atoms with Crippen LogP contribution in [-0.2, 0) is 6.54 Å². The van der Waals surface area contributed by atoms with Gasteiger partial charge >= 0.3 is 0 Å². The summed E-state index contributed by atoms with van der Waals surface area (Å²) in [5, 5.41) is 2.98. The summed E-state index contributed by atoms with van der Waals surface area (Å²) in [5.41, 5.74) is 2.82. The third kappa shape index (κ3) is 3.75. The van der Waals surface area contributed by atoms with Crippen LogP contribution in [0.5, 0.6) is 0 Å². The van der Waals surface area contributed by atoms with Crippen molar-refractivity contribution >= 4 is 17.3 Å². The minimum Gasteiger partial charge on any atom is -0.347 e. The van der Waals surface area contributed by atoms with Gasteiger partial charge in [-0.3, -0.25) is 9.59 Å². The van der Waals surface area contributed by atoms with Crippen LogP contribution in [0.15, 0.2) is 85.1 Å². The first-order valence-corrected chi connectivity index (χ1v) is 10.9. The lowest BCUT2D eigenvalue weighted by Crippen LogP contribution is -2.31. The van der Waals surface area contributed by atoms with Crippen LogP contribution in [-0.4, -0.2) is 32.6 Å². The molecule has 1 saturated heterocycles. The Bertz CT molecular complexity index is 1250. The van der Waals surface area contributed by atoms with Crippen LogP contribution < -0.4 is 5.32 Å². The van der Waals surface area contributed by atoms with Crippen LogP contribution in [0.1, 0.15) is 51.1 Å². The van der Waals surface area contributed by atoms with Crippen molar-refractivity contribution in [3.63, 3.8) is 0 Å². The molecule has 3 heterocycles. The van der Waals surface area contributed by atoms with Gasteiger partial charge in [0.05, 0.1) is 11.6 Å². The van der Waals surface area contributed by atoms with Crippen molar-refractivity contribution in [3.05, 3.63) is 108 Å². The molecule has 0 bridgehead atoms. The van der Waals surface area contributed by atoms with Gasteiger partial charge in [0.2, 0.25) is 0 Å². The molecule has 2 aromatic carbocycles. The van der Waals surface area contributed by atoms with E-state index < -0.39 is 0 Å². The van der Waals surface area contributed by atoms with E-state index in [1.807, 2.05) is 94.4 Å². The van der Waals surface area contributed by atoms with Gasteiger partial charge in [-0.2, -0.15) is 0 Å².